The minimum Gasteiger partial charge on any atom is -0.392 e. The van der Waals surface area contributed by atoms with E-state index in [-0.39, 0.29) is 6.10 Å². The van der Waals surface area contributed by atoms with Crippen LogP contribution in [-0.2, 0) is 19.4 Å². The van der Waals surface area contributed by atoms with Crippen LogP contribution in [0.3, 0.4) is 0 Å². The van der Waals surface area contributed by atoms with Crippen LogP contribution in [-0.4, -0.2) is 21.0 Å². The topological polar surface area (TPSA) is 38.0 Å². The predicted octanol–water partition coefficient (Wildman–Crippen LogP) is 3.26. The van der Waals surface area contributed by atoms with Crippen LogP contribution < -0.4 is 0 Å². The van der Waals surface area contributed by atoms with E-state index in [4.69, 9.17) is 0 Å². The molecule has 0 spiro atoms. The lowest BCUT2D eigenvalue weighted by atomic mass is 9.94. The lowest BCUT2D eigenvalue weighted by Gasteiger charge is -2.17. The Labute approximate surface area is 116 Å². The molecule has 1 aliphatic carbocycles. The fraction of sp³-hybridized carbons (Fsp3) is 0.688. The van der Waals surface area contributed by atoms with Gasteiger partial charge in [-0.3, -0.25) is 4.68 Å². The van der Waals surface area contributed by atoms with Crippen molar-refractivity contribution >= 4 is 0 Å². The smallest absolute Gasteiger partial charge is 0.0632 e. The van der Waals surface area contributed by atoms with Crippen LogP contribution >= 0.6 is 0 Å². The Morgan fingerprint density at radius 2 is 2.16 bits per heavy atom. The minimum absolute atomic E-state index is 0.268. The number of rotatable bonds is 6. The molecule has 1 heterocycles. The van der Waals surface area contributed by atoms with Gasteiger partial charge in [-0.2, -0.15) is 5.10 Å². The van der Waals surface area contributed by atoms with E-state index in [0.29, 0.717) is 0 Å². The number of hydrogen-bond acceptors (Lipinski definition) is 2. The number of nitrogens with zero attached hydrogens (tertiary/aromatic N) is 2. The van der Waals surface area contributed by atoms with E-state index in [0.717, 1.165) is 31.5 Å². The normalized spacial score (nSPS) is 17.3. The SMILES string of the molecule is CCc1cc(CC(O)CC2=CCCCC2)n(CC)n1. The fourth-order valence-electron chi connectivity index (χ4n) is 2.83. The summed E-state index contributed by atoms with van der Waals surface area (Å²) < 4.78 is 2.03. The van der Waals surface area contributed by atoms with Crippen LogP contribution in [0.4, 0.5) is 0 Å². The Morgan fingerprint density at radius 3 is 2.79 bits per heavy atom. The molecular weight excluding hydrogens is 236 g/mol. The summed E-state index contributed by atoms with van der Waals surface area (Å²) in [7, 11) is 0. The summed E-state index contributed by atoms with van der Waals surface area (Å²) >= 11 is 0. The van der Waals surface area contributed by atoms with Gasteiger partial charge in [0.25, 0.3) is 0 Å². The van der Waals surface area contributed by atoms with Gasteiger partial charge < -0.3 is 5.11 Å². The third-order valence-corrected chi connectivity index (χ3v) is 3.90. The zero-order valence-corrected chi connectivity index (χ0v) is 12.2. The van der Waals surface area contributed by atoms with Crippen LogP contribution in [0, 0.1) is 0 Å². The number of aromatic nitrogens is 2. The maximum absolute atomic E-state index is 10.3. The first-order valence-electron chi connectivity index (χ1n) is 7.64. The number of aryl methyl sites for hydroxylation is 2. The van der Waals surface area contributed by atoms with Gasteiger partial charge >= 0.3 is 0 Å². The largest absolute Gasteiger partial charge is 0.392 e. The van der Waals surface area contributed by atoms with Gasteiger partial charge in [0.1, 0.15) is 0 Å². The quantitative estimate of drug-likeness (QED) is 0.799. The third kappa shape index (κ3) is 3.93. The zero-order valence-electron chi connectivity index (χ0n) is 12.2. The average molecular weight is 262 g/mol. The molecule has 0 radical (unpaired) electrons. The number of aliphatic hydroxyl groups is 1. The molecule has 0 saturated heterocycles. The van der Waals surface area contributed by atoms with E-state index < -0.39 is 0 Å². The molecule has 1 aromatic rings. The number of allylic oxidation sites excluding steroid dienone is 1. The van der Waals surface area contributed by atoms with Crippen LogP contribution in [0.1, 0.15) is 57.3 Å². The second kappa shape index (κ2) is 6.90. The van der Waals surface area contributed by atoms with Gasteiger partial charge in [0, 0.05) is 18.7 Å². The summed E-state index contributed by atoms with van der Waals surface area (Å²) in [4.78, 5) is 0. The molecule has 3 heteroatoms. The summed E-state index contributed by atoms with van der Waals surface area (Å²) in [5.41, 5.74) is 3.74. The Hall–Kier alpha value is -1.09. The molecule has 0 aliphatic heterocycles. The maximum Gasteiger partial charge on any atom is 0.0632 e. The van der Waals surface area contributed by atoms with Crippen molar-refractivity contribution in [2.45, 2.75) is 71.4 Å². The minimum atomic E-state index is -0.268. The molecule has 3 nitrogen and oxygen atoms in total. The first kappa shape index (κ1) is 14.3. The second-order valence-electron chi connectivity index (χ2n) is 5.47. The van der Waals surface area contributed by atoms with Crippen LogP contribution in [0.15, 0.2) is 17.7 Å². The van der Waals surface area contributed by atoms with Gasteiger partial charge in [-0.1, -0.05) is 18.6 Å². The molecule has 106 valence electrons. The van der Waals surface area contributed by atoms with Crippen LogP contribution in [0.2, 0.25) is 0 Å². The van der Waals surface area contributed by atoms with Crippen molar-refractivity contribution in [1.29, 1.82) is 0 Å². The van der Waals surface area contributed by atoms with E-state index in [1.165, 1.54) is 37.0 Å². The van der Waals surface area contributed by atoms with Gasteiger partial charge in [-0.25, -0.2) is 0 Å². The van der Waals surface area contributed by atoms with Crippen molar-refractivity contribution in [3.05, 3.63) is 29.1 Å². The van der Waals surface area contributed by atoms with E-state index in [2.05, 4.69) is 31.1 Å². The van der Waals surface area contributed by atoms with Gasteiger partial charge in [-0.15, -0.1) is 0 Å². The molecule has 1 aliphatic rings. The third-order valence-electron chi connectivity index (χ3n) is 3.90. The van der Waals surface area contributed by atoms with E-state index in [1.807, 2.05) is 4.68 Å². The summed E-state index contributed by atoms with van der Waals surface area (Å²) in [5, 5.41) is 14.8. The summed E-state index contributed by atoms with van der Waals surface area (Å²) in [5.74, 6) is 0. The van der Waals surface area contributed by atoms with Gasteiger partial charge in [0.15, 0.2) is 0 Å². The lowest BCUT2D eigenvalue weighted by Crippen LogP contribution is -2.15. The molecule has 2 rings (SSSR count). The second-order valence-corrected chi connectivity index (χ2v) is 5.47. The summed E-state index contributed by atoms with van der Waals surface area (Å²) in [6.45, 7) is 5.10. The van der Waals surface area contributed by atoms with Crippen molar-refractivity contribution in [3.8, 4) is 0 Å². The highest BCUT2D eigenvalue weighted by atomic mass is 16.3. The number of aliphatic hydroxyl groups excluding tert-OH is 1. The summed E-state index contributed by atoms with van der Waals surface area (Å²) in [6.07, 6.45) is 9.51. The first-order chi connectivity index (χ1) is 9.22. The van der Waals surface area contributed by atoms with Crippen molar-refractivity contribution in [2.24, 2.45) is 0 Å². The molecule has 0 aromatic carbocycles. The molecule has 0 bridgehead atoms. The van der Waals surface area contributed by atoms with Crippen molar-refractivity contribution < 1.29 is 5.11 Å². The highest BCUT2D eigenvalue weighted by Gasteiger charge is 2.14. The molecule has 1 aromatic heterocycles. The maximum atomic E-state index is 10.3. The Kier molecular flexibility index (Phi) is 5.20. The van der Waals surface area contributed by atoms with Gasteiger partial charge in [-0.05, 0) is 51.5 Å². The molecule has 1 atom stereocenters. The van der Waals surface area contributed by atoms with Crippen molar-refractivity contribution in [2.75, 3.05) is 0 Å². The molecule has 1 unspecified atom stereocenters. The standard InChI is InChI=1S/C16H26N2O/c1-3-14-11-15(18(4-2)17-14)12-16(19)10-13-8-6-5-7-9-13/h8,11,16,19H,3-7,9-10,12H2,1-2H3. The van der Waals surface area contributed by atoms with Crippen molar-refractivity contribution in [3.63, 3.8) is 0 Å². The van der Waals surface area contributed by atoms with E-state index in [9.17, 15) is 5.11 Å². The molecule has 19 heavy (non-hydrogen) atoms. The fourth-order valence-corrected chi connectivity index (χ4v) is 2.83. The van der Waals surface area contributed by atoms with Crippen LogP contribution in [0.5, 0.6) is 0 Å². The highest BCUT2D eigenvalue weighted by molar-refractivity contribution is 5.13. The first-order valence-corrected chi connectivity index (χ1v) is 7.64. The zero-order chi connectivity index (χ0) is 13.7. The monoisotopic (exact) mass is 262 g/mol. The Morgan fingerprint density at radius 1 is 1.32 bits per heavy atom. The van der Waals surface area contributed by atoms with E-state index >= 15 is 0 Å². The van der Waals surface area contributed by atoms with Crippen molar-refractivity contribution in [1.82, 2.24) is 9.78 Å². The van der Waals surface area contributed by atoms with Crippen LogP contribution in [0.25, 0.3) is 0 Å². The molecule has 1 N–H and O–H groups in total. The predicted molar refractivity (Wildman–Crippen MR) is 78.2 cm³/mol. The summed E-state index contributed by atoms with van der Waals surface area (Å²) in [6, 6.07) is 2.14. The molecule has 0 amide bonds. The van der Waals surface area contributed by atoms with E-state index in [1.54, 1.807) is 0 Å². The molecule has 0 fully saturated rings. The van der Waals surface area contributed by atoms with Gasteiger partial charge in [0.2, 0.25) is 0 Å². The molecule has 0 saturated carbocycles. The van der Waals surface area contributed by atoms with Gasteiger partial charge in [0.05, 0.1) is 11.8 Å². The lowest BCUT2D eigenvalue weighted by molar-refractivity contribution is 0.170. The Bertz CT molecular complexity index is 434. The number of hydrogen-bond donors (Lipinski definition) is 1. The molecular formula is C16H26N2O. The average Bonchev–Trinajstić information content (AvgIpc) is 2.82. The Balaban J connectivity index is 1.95. The highest BCUT2D eigenvalue weighted by Crippen LogP contribution is 2.22.